The van der Waals surface area contributed by atoms with Crippen molar-refractivity contribution in [2.45, 2.75) is 32.8 Å². The van der Waals surface area contributed by atoms with Gasteiger partial charge in [-0.25, -0.2) is 0 Å². The standard InChI is InChI=1S/C15H23NO3/c1-4-16(5-2)15-14(19-15)11-18-10-12-6-8-13(17-3)9-7-12/h6-9,14-15H,4-5,10-11H2,1-3H3. The highest BCUT2D eigenvalue weighted by Crippen LogP contribution is 2.26. The van der Waals surface area contributed by atoms with Gasteiger partial charge in [0.15, 0.2) is 0 Å². The molecule has 0 aliphatic carbocycles. The molecule has 0 amide bonds. The van der Waals surface area contributed by atoms with E-state index in [0.29, 0.717) is 13.2 Å². The minimum absolute atomic E-state index is 0.234. The van der Waals surface area contributed by atoms with E-state index in [2.05, 4.69) is 18.7 Å². The lowest BCUT2D eigenvalue weighted by atomic mass is 10.2. The second-order valence-corrected chi connectivity index (χ2v) is 4.65. The molecule has 2 unspecified atom stereocenters. The zero-order chi connectivity index (χ0) is 13.7. The van der Waals surface area contributed by atoms with Gasteiger partial charge in [0.05, 0.1) is 20.3 Å². The van der Waals surface area contributed by atoms with Crippen LogP contribution < -0.4 is 4.74 Å². The van der Waals surface area contributed by atoms with Crippen molar-refractivity contribution >= 4 is 0 Å². The predicted molar refractivity (Wildman–Crippen MR) is 74.2 cm³/mol. The van der Waals surface area contributed by atoms with E-state index < -0.39 is 0 Å². The molecular weight excluding hydrogens is 242 g/mol. The molecule has 0 radical (unpaired) electrons. The van der Waals surface area contributed by atoms with E-state index in [-0.39, 0.29) is 12.3 Å². The van der Waals surface area contributed by atoms with Crippen LogP contribution in [0.15, 0.2) is 24.3 Å². The summed E-state index contributed by atoms with van der Waals surface area (Å²) < 4.78 is 16.4. The Labute approximate surface area is 115 Å². The first-order valence-corrected chi connectivity index (χ1v) is 6.88. The summed E-state index contributed by atoms with van der Waals surface area (Å²) in [5.41, 5.74) is 1.15. The molecule has 0 spiro atoms. The highest BCUT2D eigenvalue weighted by molar-refractivity contribution is 5.26. The molecule has 4 heteroatoms. The number of methoxy groups -OCH3 is 1. The second-order valence-electron chi connectivity index (χ2n) is 4.65. The zero-order valence-corrected chi connectivity index (χ0v) is 12.0. The Hall–Kier alpha value is -1.10. The topological polar surface area (TPSA) is 34.2 Å². The van der Waals surface area contributed by atoms with E-state index in [0.717, 1.165) is 24.4 Å². The normalized spacial score (nSPS) is 21.7. The summed E-state index contributed by atoms with van der Waals surface area (Å²) >= 11 is 0. The number of ether oxygens (including phenoxy) is 3. The molecule has 4 nitrogen and oxygen atoms in total. The van der Waals surface area contributed by atoms with Crippen LogP contribution in [0.1, 0.15) is 19.4 Å². The number of nitrogens with zero attached hydrogens (tertiary/aromatic N) is 1. The van der Waals surface area contributed by atoms with E-state index >= 15 is 0 Å². The molecule has 1 aromatic carbocycles. The fourth-order valence-corrected chi connectivity index (χ4v) is 2.17. The van der Waals surface area contributed by atoms with Gasteiger partial charge in [-0.1, -0.05) is 26.0 Å². The van der Waals surface area contributed by atoms with Crippen LogP contribution >= 0.6 is 0 Å². The number of likely N-dealkylation sites (N-methyl/N-ethyl adjacent to an activating group) is 1. The number of epoxide rings is 1. The Morgan fingerprint density at radius 2 is 1.84 bits per heavy atom. The molecule has 1 aliphatic heterocycles. The molecule has 106 valence electrons. The van der Waals surface area contributed by atoms with Crippen LogP contribution in [0.3, 0.4) is 0 Å². The zero-order valence-electron chi connectivity index (χ0n) is 12.0. The first kappa shape index (κ1) is 14.3. The molecule has 1 heterocycles. The molecule has 2 atom stereocenters. The van der Waals surface area contributed by atoms with Gasteiger partial charge in [-0.05, 0) is 30.8 Å². The van der Waals surface area contributed by atoms with Gasteiger partial charge in [0.2, 0.25) is 0 Å². The van der Waals surface area contributed by atoms with Crippen molar-refractivity contribution in [1.29, 1.82) is 0 Å². The fourth-order valence-electron chi connectivity index (χ4n) is 2.17. The molecule has 1 aromatic rings. The van der Waals surface area contributed by atoms with Gasteiger partial charge in [0.1, 0.15) is 18.1 Å². The Kier molecular flexibility index (Phi) is 5.19. The molecule has 19 heavy (non-hydrogen) atoms. The van der Waals surface area contributed by atoms with Gasteiger partial charge < -0.3 is 14.2 Å². The van der Waals surface area contributed by atoms with Gasteiger partial charge >= 0.3 is 0 Å². The number of hydrogen-bond acceptors (Lipinski definition) is 4. The van der Waals surface area contributed by atoms with Gasteiger partial charge in [-0.3, -0.25) is 4.90 Å². The first-order chi connectivity index (χ1) is 9.28. The average Bonchev–Trinajstić information content (AvgIpc) is 3.20. The SMILES string of the molecule is CCN(CC)C1OC1COCc1ccc(OC)cc1. The fraction of sp³-hybridized carbons (Fsp3) is 0.600. The summed E-state index contributed by atoms with van der Waals surface area (Å²) in [5, 5.41) is 0. The lowest BCUT2D eigenvalue weighted by Gasteiger charge is -2.14. The van der Waals surface area contributed by atoms with Gasteiger partial charge in [0.25, 0.3) is 0 Å². The number of hydrogen-bond donors (Lipinski definition) is 0. The molecule has 0 saturated carbocycles. The van der Waals surface area contributed by atoms with E-state index in [1.165, 1.54) is 0 Å². The van der Waals surface area contributed by atoms with E-state index in [4.69, 9.17) is 14.2 Å². The van der Waals surface area contributed by atoms with Crippen LogP contribution in [0.2, 0.25) is 0 Å². The van der Waals surface area contributed by atoms with Crippen molar-refractivity contribution in [2.24, 2.45) is 0 Å². The molecule has 2 rings (SSSR count). The third-order valence-electron chi connectivity index (χ3n) is 3.44. The van der Waals surface area contributed by atoms with Crippen LogP contribution in [0.4, 0.5) is 0 Å². The largest absolute Gasteiger partial charge is 0.497 e. The Bertz CT molecular complexity index is 375. The molecule has 0 bridgehead atoms. The predicted octanol–water partition coefficient (Wildman–Crippen LogP) is 2.28. The maximum absolute atomic E-state index is 5.69. The van der Waals surface area contributed by atoms with E-state index in [1.54, 1.807) is 7.11 Å². The molecule has 1 saturated heterocycles. The van der Waals surface area contributed by atoms with Crippen LogP contribution in [0.25, 0.3) is 0 Å². The summed E-state index contributed by atoms with van der Waals surface area (Å²) in [6.07, 6.45) is 0.490. The van der Waals surface area contributed by atoms with Gasteiger partial charge in [-0.15, -0.1) is 0 Å². The third-order valence-corrected chi connectivity index (χ3v) is 3.44. The highest BCUT2D eigenvalue weighted by Gasteiger charge is 2.42. The summed E-state index contributed by atoms with van der Waals surface area (Å²) in [4.78, 5) is 2.31. The van der Waals surface area contributed by atoms with Crippen molar-refractivity contribution in [1.82, 2.24) is 4.90 Å². The minimum atomic E-state index is 0.234. The summed E-state index contributed by atoms with van der Waals surface area (Å²) in [7, 11) is 1.67. The Balaban J connectivity index is 1.67. The molecule has 1 fully saturated rings. The monoisotopic (exact) mass is 265 g/mol. The van der Waals surface area contributed by atoms with Crippen molar-refractivity contribution in [3.8, 4) is 5.75 Å². The van der Waals surface area contributed by atoms with E-state index in [1.807, 2.05) is 24.3 Å². The molecular formula is C15H23NO3. The molecule has 1 aliphatic rings. The van der Waals surface area contributed by atoms with Crippen LogP contribution in [0.5, 0.6) is 5.75 Å². The summed E-state index contributed by atoms with van der Waals surface area (Å²) in [6, 6.07) is 7.94. The van der Waals surface area contributed by atoms with Gasteiger partial charge in [0, 0.05) is 0 Å². The van der Waals surface area contributed by atoms with E-state index in [9.17, 15) is 0 Å². The van der Waals surface area contributed by atoms with Crippen LogP contribution in [0, 0.1) is 0 Å². The van der Waals surface area contributed by atoms with Crippen molar-refractivity contribution < 1.29 is 14.2 Å². The number of rotatable bonds is 8. The highest BCUT2D eigenvalue weighted by atomic mass is 16.6. The van der Waals surface area contributed by atoms with Crippen LogP contribution in [-0.2, 0) is 16.1 Å². The lowest BCUT2D eigenvalue weighted by molar-refractivity contribution is 0.104. The van der Waals surface area contributed by atoms with Crippen molar-refractivity contribution in [3.63, 3.8) is 0 Å². The summed E-state index contributed by atoms with van der Waals surface area (Å²) in [5.74, 6) is 0.871. The maximum atomic E-state index is 5.69. The second kappa shape index (κ2) is 6.89. The Morgan fingerprint density at radius 3 is 2.42 bits per heavy atom. The first-order valence-electron chi connectivity index (χ1n) is 6.88. The number of benzene rings is 1. The van der Waals surface area contributed by atoms with Crippen molar-refractivity contribution in [3.05, 3.63) is 29.8 Å². The quantitative estimate of drug-likeness (QED) is 0.675. The maximum Gasteiger partial charge on any atom is 0.140 e. The minimum Gasteiger partial charge on any atom is -0.497 e. The Morgan fingerprint density at radius 1 is 1.16 bits per heavy atom. The smallest absolute Gasteiger partial charge is 0.140 e. The van der Waals surface area contributed by atoms with Crippen molar-refractivity contribution in [2.75, 3.05) is 26.8 Å². The molecule has 0 aromatic heterocycles. The molecule has 0 N–H and O–H groups in total. The average molecular weight is 265 g/mol. The van der Waals surface area contributed by atoms with Gasteiger partial charge in [-0.2, -0.15) is 0 Å². The van der Waals surface area contributed by atoms with Crippen LogP contribution in [-0.4, -0.2) is 44.0 Å². The third kappa shape index (κ3) is 3.93. The lowest BCUT2D eigenvalue weighted by Crippen LogP contribution is -2.28. The summed E-state index contributed by atoms with van der Waals surface area (Å²) in [6.45, 7) is 7.63.